The number of rotatable bonds is 0. The van der Waals surface area contributed by atoms with Crippen LogP contribution in [0.4, 0.5) is 5.69 Å². The first kappa shape index (κ1) is 10.7. The highest BCUT2D eigenvalue weighted by Crippen LogP contribution is 2.08. The topological polar surface area (TPSA) is 93.8 Å². The Kier molecular flexibility index (Phi) is 4.75. The molecule has 1 aromatic rings. The molecule has 1 aromatic carbocycles. The van der Waals surface area contributed by atoms with Gasteiger partial charge in [0.05, 0.1) is 5.09 Å². The zero-order chi connectivity index (χ0) is 9.56. The molecule has 0 atom stereocenters. The fourth-order valence-electron chi connectivity index (χ4n) is 0.484. The molecule has 6 heteroatoms. The molecule has 3 N–H and O–H groups in total. The predicted molar refractivity (Wildman–Crippen MR) is 44.4 cm³/mol. The Morgan fingerprint density at radius 3 is 1.83 bits per heavy atom. The van der Waals surface area contributed by atoms with E-state index in [2.05, 4.69) is 5.73 Å². The third-order valence-corrected chi connectivity index (χ3v) is 1.17. The van der Waals surface area contributed by atoms with Gasteiger partial charge in [-0.15, -0.1) is 0 Å². The van der Waals surface area contributed by atoms with Crippen molar-refractivity contribution in [1.29, 1.82) is 0 Å². The third kappa shape index (κ3) is 6.79. The Hall–Kier alpha value is -1.33. The van der Waals surface area contributed by atoms with Crippen LogP contribution in [0, 0.1) is 15.3 Å². The summed E-state index contributed by atoms with van der Waals surface area (Å²) in [5.41, 5.74) is 4.70. The number of benzene rings is 1. The lowest BCUT2D eigenvalue weighted by atomic mass is 10.3. The highest BCUT2D eigenvalue weighted by molar-refractivity contribution is 6.30. The van der Waals surface area contributed by atoms with E-state index in [1.807, 2.05) is 24.3 Å². The van der Waals surface area contributed by atoms with Crippen molar-refractivity contribution >= 4 is 17.3 Å². The van der Waals surface area contributed by atoms with Gasteiger partial charge in [0.2, 0.25) is 0 Å². The second-order valence-corrected chi connectivity index (χ2v) is 2.29. The quantitative estimate of drug-likeness (QED) is 0.488. The van der Waals surface area contributed by atoms with Crippen molar-refractivity contribution in [3.63, 3.8) is 0 Å². The minimum Gasteiger partial charge on any atom is -0.356 e. The van der Waals surface area contributed by atoms with E-state index >= 15 is 0 Å². The zero-order valence-electron chi connectivity index (χ0n) is 6.07. The summed E-state index contributed by atoms with van der Waals surface area (Å²) in [4.78, 5) is 8.25. The van der Waals surface area contributed by atoms with Crippen molar-refractivity contribution in [2.45, 2.75) is 0 Å². The predicted octanol–water partition coefficient (Wildman–Crippen LogP) is 0.974. The lowest BCUT2D eigenvalue weighted by Crippen LogP contribution is -2.39. The fourth-order valence-corrected chi connectivity index (χ4v) is 0.610. The van der Waals surface area contributed by atoms with Crippen LogP contribution in [-0.2, 0) is 0 Å². The van der Waals surface area contributed by atoms with Crippen molar-refractivity contribution in [3.8, 4) is 0 Å². The number of halogens is 1. The maximum Gasteiger partial charge on any atom is 0.128 e. The van der Waals surface area contributed by atoms with Gasteiger partial charge in [0.15, 0.2) is 0 Å². The summed E-state index contributed by atoms with van der Waals surface area (Å²) in [6.45, 7) is 0. The highest BCUT2D eigenvalue weighted by atomic mass is 35.5. The summed E-state index contributed by atoms with van der Waals surface area (Å²) < 4.78 is 0. The van der Waals surface area contributed by atoms with E-state index in [-0.39, 0.29) is 0 Å². The molecule has 12 heavy (non-hydrogen) atoms. The Morgan fingerprint density at radius 1 is 1.25 bits per heavy atom. The highest BCUT2D eigenvalue weighted by Gasteiger charge is 1.85. The molecule has 0 amide bonds. The largest absolute Gasteiger partial charge is 0.356 e. The zero-order valence-corrected chi connectivity index (χ0v) is 6.82. The maximum absolute atomic E-state index is 8.25. The van der Waals surface area contributed by atoms with Crippen LogP contribution in [0.15, 0.2) is 24.3 Å². The normalized spacial score (nSPS) is 8.17. The van der Waals surface area contributed by atoms with Crippen LogP contribution in [0.2, 0.25) is 5.02 Å². The molecular formula is C6H7ClN2O3. The van der Waals surface area contributed by atoms with Crippen LogP contribution in [0.1, 0.15) is 0 Å². The molecule has 0 spiro atoms. The van der Waals surface area contributed by atoms with E-state index in [4.69, 9.17) is 26.9 Å². The van der Waals surface area contributed by atoms with Gasteiger partial charge in [-0.05, 0) is 12.1 Å². The van der Waals surface area contributed by atoms with Gasteiger partial charge in [-0.1, -0.05) is 11.6 Å². The molecule has 0 aromatic heterocycles. The Labute approximate surface area is 73.5 Å². The van der Waals surface area contributed by atoms with E-state index < -0.39 is 5.09 Å². The third-order valence-electron chi connectivity index (χ3n) is 0.913. The lowest BCUT2D eigenvalue weighted by Gasteiger charge is -1.85. The Balaban J connectivity index is 0.000000261. The molecule has 0 aliphatic carbocycles. The van der Waals surface area contributed by atoms with E-state index in [0.29, 0.717) is 0 Å². The van der Waals surface area contributed by atoms with Gasteiger partial charge >= 0.3 is 0 Å². The SMILES string of the molecule is O=[N+]([O-])[O-].[NH3+]c1ccc(Cl)cc1. The monoisotopic (exact) mass is 190 g/mol. The van der Waals surface area contributed by atoms with Gasteiger partial charge in [-0.2, -0.15) is 0 Å². The second kappa shape index (κ2) is 5.34. The van der Waals surface area contributed by atoms with Gasteiger partial charge in [0, 0.05) is 17.2 Å². The Bertz CT molecular complexity index is 224. The number of nitrogens with zero attached hydrogens (tertiary/aromatic N) is 1. The molecule has 0 aliphatic heterocycles. The smallest absolute Gasteiger partial charge is 0.128 e. The molecule has 0 aliphatic rings. The molecular weight excluding hydrogens is 184 g/mol. The molecule has 0 unspecified atom stereocenters. The summed E-state index contributed by atoms with van der Waals surface area (Å²) >= 11 is 5.58. The van der Waals surface area contributed by atoms with E-state index in [9.17, 15) is 0 Å². The van der Waals surface area contributed by atoms with Crippen LogP contribution in [0.3, 0.4) is 0 Å². The number of quaternary nitrogens is 1. The molecule has 0 saturated carbocycles. The van der Waals surface area contributed by atoms with E-state index in [0.717, 1.165) is 10.7 Å². The van der Waals surface area contributed by atoms with Gasteiger partial charge in [-0.25, -0.2) is 0 Å². The summed E-state index contributed by atoms with van der Waals surface area (Å²) in [6.07, 6.45) is 0. The number of hydrogen-bond acceptors (Lipinski definition) is 3. The summed E-state index contributed by atoms with van der Waals surface area (Å²) in [5, 5.41) is 15.5. The van der Waals surface area contributed by atoms with Crippen molar-refractivity contribution in [2.24, 2.45) is 0 Å². The van der Waals surface area contributed by atoms with Gasteiger partial charge in [0.1, 0.15) is 5.69 Å². The van der Waals surface area contributed by atoms with E-state index in [1.54, 1.807) is 0 Å². The molecule has 66 valence electrons. The maximum atomic E-state index is 8.25. The first-order valence-electron chi connectivity index (χ1n) is 2.91. The van der Waals surface area contributed by atoms with Crippen LogP contribution in [-0.4, -0.2) is 5.09 Å². The van der Waals surface area contributed by atoms with Crippen LogP contribution < -0.4 is 5.73 Å². The molecule has 1 rings (SSSR count). The van der Waals surface area contributed by atoms with Crippen molar-refractivity contribution in [1.82, 2.24) is 0 Å². The molecule has 0 bridgehead atoms. The van der Waals surface area contributed by atoms with Crippen LogP contribution in [0.5, 0.6) is 0 Å². The van der Waals surface area contributed by atoms with Crippen LogP contribution in [0.25, 0.3) is 0 Å². The minimum absolute atomic E-state index is 0.761. The summed E-state index contributed by atoms with van der Waals surface area (Å²) in [7, 11) is 0. The fraction of sp³-hybridized carbons (Fsp3) is 0. The van der Waals surface area contributed by atoms with Crippen LogP contribution >= 0.6 is 11.6 Å². The summed E-state index contributed by atoms with van der Waals surface area (Å²) in [6, 6.07) is 7.40. The van der Waals surface area contributed by atoms with Crippen molar-refractivity contribution in [3.05, 3.63) is 44.6 Å². The second-order valence-electron chi connectivity index (χ2n) is 1.85. The lowest BCUT2D eigenvalue weighted by molar-refractivity contribution is -0.402. The average molecular weight is 191 g/mol. The first-order valence-corrected chi connectivity index (χ1v) is 3.29. The number of hydrogen-bond donors (Lipinski definition) is 1. The molecule has 0 radical (unpaired) electrons. The molecule has 0 saturated heterocycles. The molecule has 5 nitrogen and oxygen atoms in total. The van der Waals surface area contributed by atoms with Crippen molar-refractivity contribution < 1.29 is 10.8 Å². The standard InChI is InChI=1S/C6H6ClN.NO3/c7-5-1-3-6(8)4-2-5;2-1(3)4/h1-4H,8H2;/q;-1/p+1. The van der Waals surface area contributed by atoms with Gasteiger partial charge < -0.3 is 21.1 Å². The van der Waals surface area contributed by atoms with E-state index in [1.165, 1.54) is 0 Å². The van der Waals surface area contributed by atoms with Gasteiger partial charge in [-0.3, -0.25) is 0 Å². The first-order chi connectivity index (χ1) is 5.52. The van der Waals surface area contributed by atoms with Gasteiger partial charge in [0.25, 0.3) is 0 Å². The molecule has 0 fully saturated rings. The van der Waals surface area contributed by atoms with Crippen molar-refractivity contribution in [2.75, 3.05) is 0 Å². The average Bonchev–Trinajstić information content (AvgIpc) is 1.94. The minimum atomic E-state index is -1.75. The molecule has 0 heterocycles. The Morgan fingerprint density at radius 2 is 1.58 bits per heavy atom. The summed E-state index contributed by atoms with van der Waals surface area (Å²) in [5.74, 6) is 0.